The van der Waals surface area contributed by atoms with Gasteiger partial charge in [-0.05, 0) is 43.0 Å². The fraction of sp³-hybridized carbons (Fsp3) is 0.478. The van der Waals surface area contributed by atoms with Gasteiger partial charge in [-0.25, -0.2) is 0 Å². The van der Waals surface area contributed by atoms with Crippen molar-refractivity contribution in [3.05, 3.63) is 70.1 Å². The summed E-state index contributed by atoms with van der Waals surface area (Å²) in [5.74, 6) is 0.860. The molecule has 0 unspecified atom stereocenters. The zero-order valence-electron chi connectivity index (χ0n) is 18.0. The zero-order valence-corrected chi connectivity index (χ0v) is 20.3. The van der Waals surface area contributed by atoms with E-state index in [-0.39, 0.29) is 29.5 Å². The minimum Gasteiger partial charge on any atom is -0.354 e. The van der Waals surface area contributed by atoms with Crippen LogP contribution in [-0.4, -0.2) is 48.2 Å². The Morgan fingerprint density at radius 2 is 1.80 bits per heavy atom. The number of hydrogen-bond donors (Lipinski definition) is 2. The second-order valence-electron chi connectivity index (χ2n) is 7.67. The number of guanidine groups is 1. The maximum atomic E-state index is 11.8. The van der Waals surface area contributed by atoms with E-state index in [4.69, 9.17) is 0 Å². The molecule has 2 heterocycles. The smallest absolute Gasteiger partial charge is 0.250 e. The molecule has 1 fully saturated rings. The van der Waals surface area contributed by atoms with Gasteiger partial charge in [0.15, 0.2) is 5.96 Å². The first kappa shape index (κ1) is 24.4. The van der Waals surface area contributed by atoms with Gasteiger partial charge in [0.1, 0.15) is 0 Å². The molecule has 1 aliphatic rings. The second kappa shape index (κ2) is 12.7. The van der Waals surface area contributed by atoms with Crippen molar-refractivity contribution in [2.24, 2.45) is 4.99 Å². The van der Waals surface area contributed by atoms with Crippen LogP contribution >= 0.6 is 24.0 Å². The molecule has 2 aromatic rings. The highest BCUT2D eigenvalue weighted by Gasteiger charge is 2.19. The Hall–Kier alpha value is -1.87. The maximum Gasteiger partial charge on any atom is 0.250 e. The number of nitrogens with one attached hydrogen (secondary N) is 2. The van der Waals surface area contributed by atoms with Crippen molar-refractivity contribution in [1.29, 1.82) is 0 Å². The minimum absolute atomic E-state index is 0. The molecule has 0 spiro atoms. The summed E-state index contributed by atoms with van der Waals surface area (Å²) in [4.78, 5) is 18.8. The van der Waals surface area contributed by atoms with E-state index >= 15 is 0 Å². The molecule has 2 N–H and O–H groups in total. The van der Waals surface area contributed by atoms with Gasteiger partial charge in [0, 0.05) is 45.0 Å². The van der Waals surface area contributed by atoms with Crippen molar-refractivity contribution in [3.63, 3.8) is 0 Å². The standard InChI is InChI=1S/C23H33N5O.HI/c1-3-13-27-15-11-21(12-16-27)26-23(24-2)25-17-19-7-9-20(10-8-19)18-28-14-5-4-6-22(28)29;/h4-10,14,21H,3,11-13,15-18H2,1-2H3,(H2,24,25,26);1H. The lowest BCUT2D eigenvalue weighted by atomic mass is 10.1. The molecule has 0 atom stereocenters. The monoisotopic (exact) mass is 523 g/mol. The average Bonchev–Trinajstić information content (AvgIpc) is 2.75. The zero-order chi connectivity index (χ0) is 20.5. The van der Waals surface area contributed by atoms with Crippen molar-refractivity contribution in [1.82, 2.24) is 20.1 Å². The van der Waals surface area contributed by atoms with E-state index in [1.54, 1.807) is 16.7 Å². The van der Waals surface area contributed by atoms with Crippen LogP contribution < -0.4 is 16.2 Å². The third kappa shape index (κ3) is 7.43. The molecular weight excluding hydrogens is 489 g/mol. The number of hydrogen-bond acceptors (Lipinski definition) is 3. The van der Waals surface area contributed by atoms with Crippen molar-refractivity contribution in [3.8, 4) is 0 Å². The Morgan fingerprint density at radius 1 is 1.10 bits per heavy atom. The van der Waals surface area contributed by atoms with Gasteiger partial charge >= 0.3 is 0 Å². The predicted octanol–water partition coefficient (Wildman–Crippen LogP) is 3.05. The first-order chi connectivity index (χ1) is 14.2. The summed E-state index contributed by atoms with van der Waals surface area (Å²) in [6, 6.07) is 14.1. The third-order valence-electron chi connectivity index (χ3n) is 5.43. The molecule has 1 aliphatic heterocycles. The lowest BCUT2D eigenvalue weighted by molar-refractivity contribution is 0.206. The molecule has 1 saturated heterocycles. The van der Waals surface area contributed by atoms with Crippen molar-refractivity contribution >= 4 is 29.9 Å². The van der Waals surface area contributed by atoms with E-state index < -0.39 is 0 Å². The van der Waals surface area contributed by atoms with Crippen LogP contribution in [0.15, 0.2) is 58.4 Å². The number of aliphatic imine (C=N–C) groups is 1. The van der Waals surface area contributed by atoms with Crippen molar-refractivity contribution in [2.45, 2.75) is 45.3 Å². The first-order valence-electron chi connectivity index (χ1n) is 10.6. The third-order valence-corrected chi connectivity index (χ3v) is 5.43. The summed E-state index contributed by atoms with van der Waals surface area (Å²) in [6.07, 6.45) is 5.37. The number of piperidine rings is 1. The van der Waals surface area contributed by atoms with Gasteiger partial charge < -0.3 is 20.1 Å². The Bertz CT molecular complexity index is 841. The summed E-state index contributed by atoms with van der Waals surface area (Å²) in [5, 5.41) is 6.98. The molecular formula is C23H34IN5O. The predicted molar refractivity (Wildman–Crippen MR) is 135 cm³/mol. The number of nitrogens with zero attached hydrogens (tertiary/aromatic N) is 3. The van der Waals surface area contributed by atoms with E-state index in [2.05, 4.69) is 51.7 Å². The quantitative estimate of drug-likeness (QED) is 0.333. The molecule has 3 rings (SSSR count). The molecule has 0 bridgehead atoms. The highest BCUT2D eigenvalue weighted by molar-refractivity contribution is 14.0. The topological polar surface area (TPSA) is 61.7 Å². The van der Waals surface area contributed by atoms with E-state index in [0.717, 1.165) is 44.0 Å². The molecule has 0 saturated carbocycles. The van der Waals surface area contributed by atoms with Crippen molar-refractivity contribution in [2.75, 3.05) is 26.7 Å². The van der Waals surface area contributed by atoms with Gasteiger partial charge in [-0.3, -0.25) is 9.79 Å². The molecule has 6 nitrogen and oxygen atoms in total. The van der Waals surface area contributed by atoms with E-state index in [1.807, 2.05) is 19.3 Å². The molecule has 0 radical (unpaired) electrons. The number of rotatable bonds is 7. The molecule has 1 aromatic heterocycles. The van der Waals surface area contributed by atoms with Crippen LogP contribution in [0.2, 0.25) is 0 Å². The lowest BCUT2D eigenvalue weighted by Crippen LogP contribution is -2.48. The SMILES string of the molecule is CCCN1CCC(NC(=NC)NCc2ccc(Cn3ccccc3=O)cc2)CC1.I. The van der Waals surface area contributed by atoms with Crippen LogP contribution in [0.3, 0.4) is 0 Å². The highest BCUT2D eigenvalue weighted by atomic mass is 127. The van der Waals surface area contributed by atoms with E-state index in [1.165, 1.54) is 18.5 Å². The Kier molecular flexibility index (Phi) is 10.4. The fourth-order valence-corrected chi connectivity index (χ4v) is 3.74. The Morgan fingerprint density at radius 3 is 2.43 bits per heavy atom. The van der Waals surface area contributed by atoms with Gasteiger partial charge in [0.2, 0.25) is 0 Å². The first-order valence-corrected chi connectivity index (χ1v) is 10.6. The molecule has 30 heavy (non-hydrogen) atoms. The molecule has 0 aliphatic carbocycles. The van der Waals surface area contributed by atoms with Crippen LogP contribution in [0.25, 0.3) is 0 Å². The summed E-state index contributed by atoms with van der Waals surface area (Å²) >= 11 is 0. The average molecular weight is 523 g/mol. The minimum atomic E-state index is 0. The number of benzene rings is 1. The Balaban J connectivity index is 0.00000320. The van der Waals surface area contributed by atoms with Crippen LogP contribution in [0, 0.1) is 0 Å². The van der Waals surface area contributed by atoms with Gasteiger partial charge in [-0.2, -0.15) is 0 Å². The summed E-state index contributed by atoms with van der Waals surface area (Å²) < 4.78 is 1.71. The Labute approximate surface area is 196 Å². The normalized spacial score (nSPS) is 15.5. The molecule has 164 valence electrons. The van der Waals surface area contributed by atoms with Crippen LogP contribution in [0.1, 0.15) is 37.3 Å². The largest absolute Gasteiger partial charge is 0.354 e. The molecule has 7 heteroatoms. The lowest BCUT2D eigenvalue weighted by Gasteiger charge is -2.32. The van der Waals surface area contributed by atoms with Crippen LogP contribution in [0.5, 0.6) is 0 Å². The number of aromatic nitrogens is 1. The van der Waals surface area contributed by atoms with E-state index in [0.29, 0.717) is 12.6 Å². The van der Waals surface area contributed by atoms with Gasteiger partial charge in [-0.1, -0.05) is 37.3 Å². The second-order valence-corrected chi connectivity index (χ2v) is 7.67. The summed E-state index contributed by atoms with van der Waals surface area (Å²) in [6.45, 7) is 7.08. The highest BCUT2D eigenvalue weighted by Crippen LogP contribution is 2.10. The summed E-state index contributed by atoms with van der Waals surface area (Å²) in [5.41, 5.74) is 2.33. The number of pyridine rings is 1. The maximum absolute atomic E-state index is 11.8. The number of halogens is 1. The molecule has 1 aromatic carbocycles. The van der Waals surface area contributed by atoms with Gasteiger partial charge in [0.05, 0.1) is 6.54 Å². The van der Waals surface area contributed by atoms with E-state index in [9.17, 15) is 4.79 Å². The van der Waals surface area contributed by atoms with Crippen molar-refractivity contribution < 1.29 is 0 Å². The van der Waals surface area contributed by atoms with Crippen LogP contribution in [0.4, 0.5) is 0 Å². The fourth-order valence-electron chi connectivity index (χ4n) is 3.74. The molecule has 0 amide bonds. The number of likely N-dealkylation sites (tertiary alicyclic amines) is 1. The van der Waals surface area contributed by atoms with Crippen LogP contribution in [-0.2, 0) is 13.1 Å². The summed E-state index contributed by atoms with van der Waals surface area (Å²) in [7, 11) is 1.82. The van der Waals surface area contributed by atoms with Gasteiger partial charge in [-0.15, -0.1) is 24.0 Å². The van der Waals surface area contributed by atoms with Gasteiger partial charge in [0.25, 0.3) is 5.56 Å².